The summed E-state index contributed by atoms with van der Waals surface area (Å²) in [6.45, 7) is 2.55. The number of carbonyl (C=O) groups is 2. The van der Waals surface area contributed by atoms with Gasteiger partial charge in [-0.1, -0.05) is 23.7 Å². The molecular formula is C17H25ClN4O2. The second kappa shape index (κ2) is 8.89. The van der Waals surface area contributed by atoms with Crippen LogP contribution in [0.4, 0.5) is 4.79 Å². The van der Waals surface area contributed by atoms with Crippen LogP contribution in [0.1, 0.15) is 24.4 Å². The predicted octanol–water partition coefficient (Wildman–Crippen LogP) is 1.86. The van der Waals surface area contributed by atoms with E-state index in [1.807, 2.05) is 24.3 Å². The number of likely N-dealkylation sites (tertiary alicyclic amines) is 1. The van der Waals surface area contributed by atoms with Gasteiger partial charge in [0.05, 0.1) is 12.6 Å². The monoisotopic (exact) mass is 352 g/mol. The summed E-state index contributed by atoms with van der Waals surface area (Å²) >= 11 is 5.97. The van der Waals surface area contributed by atoms with Crippen LogP contribution in [0.25, 0.3) is 0 Å². The van der Waals surface area contributed by atoms with Gasteiger partial charge in [0.2, 0.25) is 5.91 Å². The maximum absolute atomic E-state index is 12.0. The summed E-state index contributed by atoms with van der Waals surface area (Å²) < 4.78 is 0. The number of rotatable bonds is 6. The van der Waals surface area contributed by atoms with E-state index in [2.05, 4.69) is 15.5 Å². The van der Waals surface area contributed by atoms with Gasteiger partial charge in [0.15, 0.2) is 0 Å². The quantitative estimate of drug-likeness (QED) is 0.821. The van der Waals surface area contributed by atoms with Crippen LogP contribution in [-0.2, 0) is 4.79 Å². The number of carbonyl (C=O) groups excluding carboxylic acids is 2. The molecule has 1 aliphatic heterocycles. The maximum Gasteiger partial charge on any atom is 0.317 e. The molecule has 1 atom stereocenters. The van der Waals surface area contributed by atoms with Crippen LogP contribution < -0.4 is 10.6 Å². The molecule has 1 fully saturated rings. The Bertz CT molecular complexity index is 556. The highest BCUT2D eigenvalue weighted by molar-refractivity contribution is 6.30. The molecule has 1 aromatic rings. The predicted molar refractivity (Wildman–Crippen MR) is 95.1 cm³/mol. The van der Waals surface area contributed by atoms with Gasteiger partial charge in [-0.25, -0.2) is 4.79 Å². The van der Waals surface area contributed by atoms with E-state index in [1.165, 1.54) is 17.7 Å². The van der Waals surface area contributed by atoms with E-state index in [4.69, 9.17) is 11.6 Å². The first kappa shape index (κ1) is 18.5. The summed E-state index contributed by atoms with van der Waals surface area (Å²) in [5.41, 5.74) is 1.14. The second-order valence-electron chi connectivity index (χ2n) is 6.17. The molecule has 1 aromatic carbocycles. The summed E-state index contributed by atoms with van der Waals surface area (Å²) in [5.74, 6) is -0.191. The van der Waals surface area contributed by atoms with Crippen LogP contribution in [0, 0.1) is 0 Å². The molecule has 1 unspecified atom stereocenters. The number of hydrogen-bond acceptors (Lipinski definition) is 3. The van der Waals surface area contributed by atoms with Crippen molar-refractivity contribution in [3.63, 3.8) is 0 Å². The Hall–Kier alpha value is -1.79. The van der Waals surface area contributed by atoms with E-state index >= 15 is 0 Å². The number of halogens is 1. The van der Waals surface area contributed by atoms with Crippen molar-refractivity contribution in [2.75, 3.05) is 40.3 Å². The maximum atomic E-state index is 12.0. The van der Waals surface area contributed by atoms with E-state index in [0.29, 0.717) is 11.6 Å². The molecule has 1 heterocycles. The molecule has 0 radical (unpaired) electrons. The lowest BCUT2D eigenvalue weighted by molar-refractivity contribution is -0.120. The SMILES string of the molecule is CN(C)C(=O)NCC(=O)NCC(c1ccc(Cl)cc1)N1CCCC1. The standard InChI is InChI=1S/C17H25ClN4O2/c1-21(2)17(24)20-12-16(23)19-11-15(22-9-3-4-10-22)13-5-7-14(18)8-6-13/h5-8,15H,3-4,9-12H2,1-2H3,(H,19,23)(H,20,24). The van der Waals surface area contributed by atoms with Crippen LogP contribution in [0.2, 0.25) is 5.02 Å². The second-order valence-corrected chi connectivity index (χ2v) is 6.60. The van der Waals surface area contributed by atoms with Crippen molar-refractivity contribution in [1.29, 1.82) is 0 Å². The third-order valence-corrected chi connectivity index (χ3v) is 4.39. The van der Waals surface area contributed by atoms with E-state index < -0.39 is 0 Å². The smallest absolute Gasteiger partial charge is 0.317 e. The first-order valence-corrected chi connectivity index (χ1v) is 8.56. The number of hydrogen-bond donors (Lipinski definition) is 2. The summed E-state index contributed by atoms with van der Waals surface area (Å²) in [4.78, 5) is 27.2. The van der Waals surface area contributed by atoms with Gasteiger partial charge < -0.3 is 15.5 Å². The fourth-order valence-electron chi connectivity index (χ4n) is 2.78. The number of amides is 3. The summed E-state index contributed by atoms with van der Waals surface area (Å²) in [6.07, 6.45) is 2.36. The molecule has 3 amide bonds. The summed E-state index contributed by atoms with van der Waals surface area (Å²) in [5, 5.41) is 6.19. The zero-order valence-corrected chi connectivity index (χ0v) is 15.0. The minimum absolute atomic E-state index is 0.0235. The lowest BCUT2D eigenvalue weighted by Gasteiger charge is -2.28. The molecule has 0 aliphatic carbocycles. The molecule has 2 N–H and O–H groups in total. The number of nitrogens with zero attached hydrogens (tertiary/aromatic N) is 2. The Balaban J connectivity index is 1.92. The third kappa shape index (κ3) is 5.39. The zero-order chi connectivity index (χ0) is 17.5. The molecule has 2 rings (SSSR count). The molecule has 6 nitrogen and oxygen atoms in total. The molecule has 132 valence electrons. The van der Waals surface area contributed by atoms with Crippen molar-refractivity contribution in [1.82, 2.24) is 20.4 Å². The molecule has 0 saturated carbocycles. The largest absolute Gasteiger partial charge is 0.353 e. The van der Waals surface area contributed by atoms with Gasteiger partial charge in [-0.15, -0.1) is 0 Å². The van der Waals surface area contributed by atoms with Gasteiger partial charge in [-0.05, 0) is 43.6 Å². The molecule has 0 spiro atoms. The van der Waals surface area contributed by atoms with Crippen molar-refractivity contribution in [3.05, 3.63) is 34.9 Å². The molecule has 1 saturated heterocycles. The van der Waals surface area contributed by atoms with Gasteiger partial charge in [-0.3, -0.25) is 9.69 Å². The van der Waals surface area contributed by atoms with Crippen LogP contribution in [0.5, 0.6) is 0 Å². The molecule has 7 heteroatoms. The molecule has 1 aliphatic rings. The Morgan fingerprint density at radius 3 is 2.38 bits per heavy atom. The van der Waals surface area contributed by atoms with Crippen molar-refractivity contribution in [3.8, 4) is 0 Å². The van der Waals surface area contributed by atoms with Crippen molar-refractivity contribution >= 4 is 23.5 Å². The molecule has 0 aromatic heterocycles. The molecule has 24 heavy (non-hydrogen) atoms. The van der Waals surface area contributed by atoms with Gasteiger partial charge in [0.25, 0.3) is 0 Å². The van der Waals surface area contributed by atoms with Crippen molar-refractivity contribution in [2.45, 2.75) is 18.9 Å². The van der Waals surface area contributed by atoms with Gasteiger partial charge in [-0.2, -0.15) is 0 Å². The zero-order valence-electron chi connectivity index (χ0n) is 14.2. The topological polar surface area (TPSA) is 64.7 Å². The van der Waals surface area contributed by atoms with Crippen LogP contribution in [0.3, 0.4) is 0 Å². The van der Waals surface area contributed by atoms with Gasteiger partial charge in [0, 0.05) is 25.7 Å². The molecular weight excluding hydrogens is 328 g/mol. The highest BCUT2D eigenvalue weighted by Gasteiger charge is 2.24. The first-order chi connectivity index (χ1) is 11.5. The Kier molecular flexibility index (Phi) is 6.87. The summed E-state index contributed by atoms with van der Waals surface area (Å²) in [7, 11) is 3.27. The average molecular weight is 353 g/mol. The van der Waals surface area contributed by atoms with Crippen LogP contribution in [0.15, 0.2) is 24.3 Å². The van der Waals surface area contributed by atoms with Crippen molar-refractivity contribution < 1.29 is 9.59 Å². The third-order valence-electron chi connectivity index (χ3n) is 4.14. The van der Waals surface area contributed by atoms with Gasteiger partial charge >= 0.3 is 6.03 Å². The first-order valence-electron chi connectivity index (χ1n) is 8.18. The summed E-state index contributed by atoms with van der Waals surface area (Å²) in [6, 6.07) is 7.60. The Morgan fingerprint density at radius 1 is 1.17 bits per heavy atom. The number of benzene rings is 1. The van der Waals surface area contributed by atoms with Crippen molar-refractivity contribution in [2.24, 2.45) is 0 Å². The van der Waals surface area contributed by atoms with E-state index in [1.54, 1.807) is 14.1 Å². The lowest BCUT2D eigenvalue weighted by atomic mass is 10.1. The highest BCUT2D eigenvalue weighted by atomic mass is 35.5. The minimum Gasteiger partial charge on any atom is -0.353 e. The van der Waals surface area contributed by atoms with E-state index in [9.17, 15) is 9.59 Å². The normalized spacial score (nSPS) is 15.8. The Labute approximate surface area is 148 Å². The van der Waals surface area contributed by atoms with E-state index in [0.717, 1.165) is 18.7 Å². The van der Waals surface area contributed by atoms with E-state index in [-0.39, 0.29) is 24.5 Å². The van der Waals surface area contributed by atoms with Crippen LogP contribution in [-0.4, -0.2) is 62.0 Å². The van der Waals surface area contributed by atoms with Crippen LogP contribution >= 0.6 is 11.6 Å². The average Bonchev–Trinajstić information content (AvgIpc) is 3.08. The Morgan fingerprint density at radius 2 is 1.79 bits per heavy atom. The number of urea groups is 1. The molecule has 0 bridgehead atoms. The fourth-order valence-corrected chi connectivity index (χ4v) is 2.91. The van der Waals surface area contributed by atoms with Gasteiger partial charge in [0.1, 0.15) is 0 Å². The number of nitrogens with one attached hydrogen (secondary N) is 2. The highest BCUT2D eigenvalue weighted by Crippen LogP contribution is 2.25. The fraction of sp³-hybridized carbons (Fsp3) is 0.529. The minimum atomic E-state index is -0.279. The lowest BCUT2D eigenvalue weighted by Crippen LogP contribution is -2.43.